The van der Waals surface area contributed by atoms with Crippen molar-refractivity contribution in [3.8, 4) is 0 Å². The second-order valence-electron chi connectivity index (χ2n) is 7.88. The van der Waals surface area contributed by atoms with Gasteiger partial charge in [0, 0.05) is 11.9 Å². The summed E-state index contributed by atoms with van der Waals surface area (Å²) in [6, 6.07) is 19.6. The molecule has 1 aliphatic rings. The molecular weight excluding hydrogens is 392 g/mol. The third kappa shape index (κ3) is 4.03. The highest BCUT2D eigenvalue weighted by Crippen LogP contribution is 2.40. The number of hydrogen-bond donors (Lipinski definition) is 2. The molecule has 0 bridgehead atoms. The summed E-state index contributed by atoms with van der Waals surface area (Å²) in [5, 5.41) is 6.53. The zero-order valence-corrected chi connectivity index (χ0v) is 18.1. The van der Waals surface area contributed by atoms with E-state index in [0.717, 1.165) is 36.0 Å². The van der Waals surface area contributed by atoms with Gasteiger partial charge in [-0.1, -0.05) is 67.6 Å². The monoisotopic (exact) mass is 418 g/mol. The van der Waals surface area contributed by atoms with E-state index >= 15 is 0 Å². The molecule has 2 N–H and O–H groups in total. The average molecular weight is 419 g/mol. The second-order valence-corrected chi connectivity index (χ2v) is 8.98. The first-order valence-corrected chi connectivity index (χ1v) is 11.2. The molecule has 0 saturated heterocycles. The lowest BCUT2D eigenvalue weighted by molar-refractivity contribution is -0.116. The van der Waals surface area contributed by atoms with Crippen molar-refractivity contribution >= 4 is 28.2 Å². The molecule has 1 aromatic heterocycles. The highest BCUT2D eigenvalue weighted by atomic mass is 32.1. The summed E-state index contributed by atoms with van der Waals surface area (Å²) >= 11 is 1.55. The minimum absolute atomic E-state index is 0.121. The molecule has 0 unspecified atom stereocenters. The van der Waals surface area contributed by atoms with Gasteiger partial charge < -0.3 is 10.6 Å². The Kier molecular flexibility index (Phi) is 6.00. The largest absolute Gasteiger partial charge is 0.355 e. The summed E-state index contributed by atoms with van der Waals surface area (Å²) in [6.45, 7) is 2.24. The number of fused-ring (bicyclic) bond motifs is 1. The van der Waals surface area contributed by atoms with E-state index < -0.39 is 5.92 Å². The van der Waals surface area contributed by atoms with E-state index in [1.807, 2.05) is 60.7 Å². The molecule has 0 radical (unpaired) electrons. The van der Waals surface area contributed by atoms with Gasteiger partial charge in [-0.25, -0.2) is 0 Å². The molecule has 5 heteroatoms. The Bertz CT molecular complexity index is 1000. The lowest BCUT2D eigenvalue weighted by Gasteiger charge is -2.19. The van der Waals surface area contributed by atoms with Gasteiger partial charge in [-0.15, -0.1) is 11.3 Å². The molecule has 0 saturated carbocycles. The van der Waals surface area contributed by atoms with Crippen LogP contribution in [0.2, 0.25) is 0 Å². The lowest BCUT2D eigenvalue weighted by Crippen LogP contribution is -2.25. The molecule has 2 aromatic carbocycles. The zero-order chi connectivity index (χ0) is 21.1. The summed E-state index contributed by atoms with van der Waals surface area (Å²) in [6.07, 6.45) is 2.91. The van der Waals surface area contributed by atoms with Crippen molar-refractivity contribution in [3.05, 3.63) is 87.8 Å². The van der Waals surface area contributed by atoms with E-state index in [0.29, 0.717) is 16.5 Å². The van der Waals surface area contributed by atoms with Gasteiger partial charge in [0.15, 0.2) is 0 Å². The Hall–Kier alpha value is -2.92. The van der Waals surface area contributed by atoms with E-state index in [9.17, 15) is 9.59 Å². The quantitative estimate of drug-likeness (QED) is 0.612. The van der Waals surface area contributed by atoms with E-state index in [2.05, 4.69) is 17.6 Å². The minimum atomic E-state index is -0.442. The molecular formula is C25H26N2O2S. The maximum absolute atomic E-state index is 13.5. The van der Waals surface area contributed by atoms with Crippen molar-refractivity contribution in [1.82, 2.24) is 5.32 Å². The van der Waals surface area contributed by atoms with Crippen molar-refractivity contribution < 1.29 is 9.59 Å². The van der Waals surface area contributed by atoms with Gasteiger partial charge in [0.2, 0.25) is 5.91 Å². The van der Waals surface area contributed by atoms with Gasteiger partial charge in [-0.2, -0.15) is 0 Å². The summed E-state index contributed by atoms with van der Waals surface area (Å²) in [5.41, 5.74) is 3.59. The van der Waals surface area contributed by atoms with Gasteiger partial charge >= 0.3 is 0 Å². The van der Waals surface area contributed by atoms with Crippen molar-refractivity contribution in [2.24, 2.45) is 5.92 Å². The maximum atomic E-state index is 13.5. The van der Waals surface area contributed by atoms with Crippen molar-refractivity contribution in [2.75, 3.05) is 12.4 Å². The first-order chi connectivity index (χ1) is 14.6. The van der Waals surface area contributed by atoms with E-state index in [-0.39, 0.29) is 11.8 Å². The number of amides is 2. The van der Waals surface area contributed by atoms with Crippen molar-refractivity contribution in [2.45, 2.75) is 32.1 Å². The molecule has 4 rings (SSSR count). The fourth-order valence-electron chi connectivity index (χ4n) is 4.17. The normalized spacial score (nSPS) is 15.5. The Balaban J connectivity index is 1.72. The van der Waals surface area contributed by atoms with Gasteiger partial charge in [-0.05, 0) is 41.9 Å². The summed E-state index contributed by atoms with van der Waals surface area (Å²) in [5.74, 6) is -0.0980. The van der Waals surface area contributed by atoms with Crippen LogP contribution in [0.25, 0.3) is 0 Å². The molecule has 2 amide bonds. The lowest BCUT2D eigenvalue weighted by atomic mass is 9.88. The van der Waals surface area contributed by atoms with Crippen LogP contribution < -0.4 is 10.6 Å². The third-order valence-corrected chi connectivity index (χ3v) is 6.90. The molecule has 1 atom stereocenters. The van der Waals surface area contributed by atoms with Crippen LogP contribution in [0.3, 0.4) is 0 Å². The smallest absolute Gasteiger partial charge is 0.254 e. The van der Waals surface area contributed by atoms with E-state index in [1.54, 1.807) is 18.4 Å². The Labute approximate surface area is 181 Å². The Morgan fingerprint density at radius 3 is 2.17 bits per heavy atom. The van der Waals surface area contributed by atoms with Gasteiger partial charge in [0.1, 0.15) is 5.00 Å². The van der Waals surface area contributed by atoms with Crippen LogP contribution in [0.5, 0.6) is 0 Å². The van der Waals surface area contributed by atoms with Crippen molar-refractivity contribution in [3.63, 3.8) is 0 Å². The number of anilines is 1. The first kappa shape index (κ1) is 20.4. The van der Waals surface area contributed by atoms with Crippen LogP contribution >= 0.6 is 11.3 Å². The standard InChI is InChI=1S/C25H26N2O2S/c1-16-13-14-19-20(15-16)30-25(22(19)23(28)26-2)27-24(29)21(17-9-5-3-6-10-17)18-11-7-4-8-12-18/h3-12,16,21H,13-15H2,1-2H3,(H,26,28)(H,27,29)/t16-/m0/s1. The van der Waals surface area contributed by atoms with E-state index in [1.165, 1.54) is 4.88 Å². The number of hydrogen-bond acceptors (Lipinski definition) is 3. The number of thiophene rings is 1. The molecule has 1 heterocycles. The van der Waals surface area contributed by atoms with Crippen LogP contribution in [0.15, 0.2) is 60.7 Å². The molecule has 0 spiro atoms. The fraction of sp³-hybridized carbons (Fsp3) is 0.280. The van der Waals surface area contributed by atoms with Crippen LogP contribution in [-0.4, -0.2) is 18.9 Å². The average Bonchev–Trinajstić information content (AvgIpc) is 3.11. The van der Waals surface area contributed by atoms with E-state index in [4.69, 9.17) is 0 Å². The predicted octanol–water partition coefficient (Wildman–Crippen LogP) is 5.00. The molecule has 30 heavy (non-hydrogen) atoms. The molecule has 0 fully saturated rings. The minimum Gasteiger partial charge on any atom is -0.355 e. The molecule has 3 aromatic rings. The van der Waals surface area contributed by atoms with Crippen LogP contribution in [-0.2, 0) is 17.6 Å². The number of carbonyl (C=O) groups is 2. The molecule has 1 aliphatic carbocycles. The second kappa shape index (κ2) is 8.84. The first-order valence-electron chi connectivity index (χ1n) is 10.4. The predicted molar refractivity (Wildman–Crippen MR) is 122 cm³/mol. The van der Waals surface area contributed by atoms with Crippen LogP contribution in [0.4, 0.5) is 5.00 Å². The van der Waals surface area contributed by atoms with Crippen LogP contribution in [0.1, 0.15) is 51.2 Å². The van der Waals surface area contributed by atoms with Crippen LogP contribution in [0, 0.1) is 5.92 Å². The number of benzene rings is 2. The SMILES string of the molecule is CNC(=O)c1c(NC(=O)C(c2ccccc2)c2ccccc2)sc2c1CC[C@H](C)C2. The van der Waals surface area contributed by atoms with Gasteiger partial charge in [0.05, 0.1) is 11.5 Å². The summed E-state index contributed by atoms with van der Waals surface area (Å²) in [7, 11) is 1.64. The zero-order valence-electron chi connectivity index (χ0n) is 17.3. The molecule has 0 aliphatic heterocycles. The highest BCUT2D eigenvalue weighted by molar-refractivity contribution is 7.17. The highest BCUT2D eigenvalue weighted by Gasteiger charge is 2.30. The molecule has 154 valence electrons. The topological polar surface area (TPSA) is 58.2 Å². The maximum Gasteiger partial charge on any atom is 0.254 e. The van der Waals surface area contributed by atoms with Gasteiger partial charge in [-0.3, -0.25) is 9.59 Å². The number of rotatable bonds is 5. The number of carbonyl (C=O) groups excluding carboxylic acids is 2. The molecule has 4 nitrogen and oxygen atoms in total. The Morgan fingerprint density at radius 1 is 1.00 bits per heavy atom. The third-order valence-electron chi connectivity index (χ3n) is 5.73. The Morgan fingerprint density at radius 2 is 1.60 bits per heavy atom. The van der Waals surface area contributed by atoms with Gasteiger partial charge in [0.25, 0.3) is 5.91 Å². The van der Waals surface area contributed by atoms with Crippen molar-refractivity contribution in [1.29, 1.82) is 0 Å². The summed E-state index contributed by atoms with van der Waals surface area (Å²) < 4.78 is 0. The number of nitrogens with one attached hydrogen (secondary N) is 2. The fourth-order valence-corrected chi connectivity index (χ4v) is 5.59. The summed E-state index contributed by atoms with van der Waals surface area (Å²) in [4.78, 5) is 27.4.